The molecule has 11 heteroatoms. The number of amides is 1. The van der Waals surface area contributed by atoms with Crippen LogP contribution in [0.25, 0.3) is 0 Å². The van der Waals surface area contributed by atoms with E-state index >= 15 is 0 Å². The molecule has 0 fully saturated rings. The molecule has 0 spiro atoms. The Morgan fingerprint density at radius 2 is 1.94 bits per heavy atom. The van der Waals surface area contributed by atoms with Crippen molar-refractivity contribution in [2.24, 2.45) is 5.14 Å². The minimum Gasteiger partial charge on any atom is -0.336 e. The second-order valence-electron chi connectivity index (χ2n) is 2.69. The van der Waals surface area contributed by atoms with Gasteiger partial charge in [-0.05, 0) is 0 Å². The molecule has 1 amide bonds. The highest BCUT2D eigenvalue weighted by molar-refractivity contribution is 9.09. The summed E-state index contributed by atoms with van der Waals surface area (Å²) in [4.78, 5) is 11.0. The van der Waals surface area contributed by atoms with Crippen LogP contribution in [0, 0.1) is 0 Å². The van der Waals surface area contributed by atoms with Crippen molar-refractivity contribution in [3.05, 3.63) is 0 Å². The fourth-order valence-electron chi connectivity index (χ4n) is 0.648. The van der Waals surface area contributed by atoms with E-state index in [9.17, 15) is 13.2 Å². The number of nitrogens with one attached hydrogen (secondary N) is 2. The summed E-state index contributed by atoms with van der Waals surface area (Å²) in [7, 11) is -3.77. The Balaban J connectivity index is 4.52. The Bertz CT molecular complexity index is 345. The van der Waals surface area contributed by atoms with E-state index in [1.807, 2.05) is 0 Å². The molecule has 1 unspecified atom stereocenters. The van der Waals surface area contributed by atoms with Crippen molar-refractivity contribution in [3.63, 3.8) is 0 Å². The van der Waals surface area contributed by atoms with E-state index in [4.69, 9.17) is 39.9 Å². The number of carbonyl (C=O) groups excluding carboxylic acids is 1. The number of nitrogens with two attached hydrogens (primary N) is 1. The van der Waals surface area contributed by atoms with Crippen LogP contribution in [-0.4, -0.2) is 35.5 Å². The van der Waals surface area contributed by atoms with Gasteiger partial charge in [0.25, 0.3) is 0 Å². The Labute approximate surface area is 116 Å². The van der Waals surface area contributed by atoms with E-state index in [1.165, 1.54) is 0 Å². The number of hydrogen-bond acceptors (Lipinski definition) is 4. The minimum absolute atomic E-state index is 0.0126. The monoisotopic (exact) mass is 375 g/mol. The van der Waals surface area contributed by atoms with Gasteiger partial charge in [-0.3, -0.25) is 10.1 Å². The maximum atomic E-state index is 11.0. The van der Waals surface area contributed by atoms with Gasteiger partial charge in [0.15, 0.2) is 0 Å². The number of sulfonamides is 1. The smallest absolute Gasteiger partial charge is 0.231 e. The van der Waals surface area contributed by atoms with Crippen LogP contribution in [-0.2, 0) is 14.8 Å². The lowest BCUT2D eigenvalue weighted by atomic mass is 10.5. The molecule has 16 heavy (non-hydrogen) atoms. The van der Waals surface area contributed by atoms with Crippen LogP contribution in [0.3, 0.4) is 0 Å². The average molecular weight is 377 g/mol. The van der Waals surface area contributed by atoms with E-state index in [2.05, 4.69) is 26.6 Å². The Morgan fingerprint density at radius 1 is 1.44 bits per heavy atom. The molecule has 4 N–H and O–H groups in total. The normalized spacial score (nSPS) is 14.6. The summed E-state index contributed by atoms with van der Waals surface area (Å²) in [6, 6.07) is 0. The van der Waals surface area contributed by atoms with Gasteiger partial charge < -0.3 is 5.32 Å². The van der Waals surface area contributed by atoms with Crippen LogP contribution in [0.15, 0.2) is 0 Å². The van der Waals surface area contributed by atoms with Crippen molar-refractivity contribution < 1.29 is 13.2 Å². The highest BCUT2D eigenvalue weighted by Crippen LogP contribution is 2.29. The lowest BCUT2D eigenvalue weighted by Gasteiger charge is -2.25. The van der Waals surface area contributed by atoms with Gasteiger partial charge in [-0.2, -0.15) is 0 Å². The molecular weight excluding hydrogens is 368 g/mol. The van der Waals surface area contributed by atoms with Gasteiger partial charge in [-0.15, -0.1) is 0 Å². The first kappa shape index (κ1) is 16.7. The maximum absolute atomic E-state index is 11.0. The van der Waals surface area contributed by atoms with Crippen LogP contribution in [0.4, 0.5) is 0 Å². The van der Waals surface area contributed by atoms with E-state index < -0.39 is 31.8 Å². The number of carbonyl (C=O) groups is 1. The number of rotatable bonds is 5. The first-order chi connectivity index (χ1) is 7.06. The Kier molecular flexibility index (Phi) is 6.86. The predicted molar refractivity (Wildman–Crippen MR) is 67.1 cm³/mol. The van der Waals surface area contributed by atoms with E-state index in [1.54, 1.807) is 0 Å². The molecule has 0 aliphatic heterocycles. The molecule has 0 radical (unpaired) electrons. The number of alkyl halides is 4. The van der Waals surface area contributed by atoms with Crippen LogP contribution in [0.5, 0.6) is 0 Å². The molecule has 0 saturated carbocycles. The van der Waals surface area contributed by atoms with Crippen LogP contribution in [0.2, 0.25) is 0 Å². The largest absolute Gasteiger partial charge is 0.336 e. The standard InChI is InChI=1S/C5H9BrCl3N3O3S/c6-1-3(13)12-4(5(7,8)9)11-2-16(10,14)15/h4,11H,1-2H2,(H,12,13)(H2,10,14,15). The molecule has 0 aromatic heterocycles. The quantitative estimate of drug-likeness (QED) is 0.465. The average Bonchev–Trinajstić information content (AvgIpc) is 2.08. The highest BCUT2D eigenvalue weighted by atomic mass is 79.9. The second-order valence-corrected chi connectivity index (χ2v) is 7.23. The van der Waals surface area contributed by atoms with Crippen molar-refractivity contribution in [2.45, 2.75) is 9.96 Å². The SMILES string of the molecule is NS(=O)(=O)CNC(NC(=O)CBr)C(Cl)(Cl)Cl. The summed E-state index contributed by atoms with van der Waals surface area (Å²) >= 11 is 19.5. The first-order valence-electron chi connectivity index (χ1n) is 3.72. The van der Waals surface area contributed by atoms with E-state index in [-0.39, 0.29) is 5.33 Å². The highest BCUT2D eigenvalue weighted by Gasteiger charge is 2.34. The van der Waals surface area contributed by atoms with Crippen LogP contribution >= 0.6 is 50.7 Å². The third-order valence-electron chi connectivity index (χ3n) is 1.24. The molecule has 0 heterocycles. The molecule has 0 aliphatic rings. The third kappa shape index (κ3) is 7.88. The molecule has 0 saturated heterocycles. The number of primary sulfonamides is 1. The third-order valence-corrected chi connectivity index (χ3v) is 2.98. The summed E-state index contributed by atoms with van der Waals surface area (Å²) in [6.07, 6.45) is -1.17. The van der Waals surface area contributed by atoms with Gasteiger partial charge in [-0.1, -0.05) is 50.7 Å². The fourth-order valence-corrected chi connectivity index (χ4v) is 1.60. The van der Waals surface area contributed by atoms with Gasteiger partial charge in [0.1, 0.15) is 12.0 Å². The molecule has 1 atom stereocenters. The summed E-state index contributed by atoms with van der Waals surface area (Å²) in [6.45, 7) is 0. The summed E-state index contributed by atoms with van der Waals surface area (Å²) in [5.74, 6) is -1.10. The number of halogens is 4. The van der Waals surface area contributed by atoms with Crippen molar-refractivity contribution in [1.82, 2.24) is 10.6 Å². The van der Waals surface area contributed by atoms with Crippen LogP contribution < -0.4 is 15.8 Å². The van der Waals surface area contributed by atoms with Crippen LogP contribution in [0.1, 0.15) is 0 Å². The Hall–Kier alpha value is 0.690. The Morgan fingerprint density at radius 3 is 2.25 bits per heavy atom. The molecular formula is C5H9BrCl3N3O3S. The molecule has 0 aromatic rings. The topological polar surface area (TPSA) is 101 Å². The minimum atomic E-state index is -3.77. The van der Waals surface area contributed by atoms with E-state index in [0.717, 1.165) is 0 Å². The van der Waals surface area contributed by atoms with Crippen molar-refractivity contribution in [2.75, 3.05) is 11.2 Å². The zero-order valence-corrected chi connectivity index (χ0v) is 12.4. The molecule has 0 bridgehead atoms. The van der Waals surface area contributed by atoms with Gasteiger partial charge in [0.05, 0.1) is 5.33 Å². The summed E-state index contributed by atoms with van der Waals surface area (Å²) in [5.41, 5.74) is 0. The van der Waals surface area contributed by atoms with Gasteiger partial charge in [-0.25, -0.2) is 13.6 Å². The van der Waals surface area contributed by atoms with Crippen molar-refractivity contribution in [3.8, 4) is 0 Å². The molecule has 0 rings (SSSR count). The maximum Gasteiger partial charge on any atom is 0.231 e. The fraction of sp³-hybridized carbons (Fsp3) is 0.800. The molecule has 0 aliphatic carbocycles. The lowest BCUT2D eigenvalue weighted by molar-refractivity contribution is -0.119. The van der Waals surface area contributed by atoms with Crippen molar-refractivity contribution >= 4 is 66.7 Å². The summed E-state index contributed by atoms with van der Waals surface area (Å²) in [5, 5.41) is 9.31. The molecule has 6 nitrogen and oxygen atoms in total. The zero-order valence-electron chi connectivity index (χ0n) is 7.71. The second kappa shape index (κ2) is 6.58. The lowest BCUT2D eigenvalue weighted by Crippen LogP contribution is -2.55. The van der Waals surface area contributed by atoms with E-state index in [0.29, 0.717) is 0 Å². The zero-order chi connectivity index (χ0) is 13.0. The number of hydrogen-bond donors (Lipinski definition) is 3. The van der Waals surface area contributed by atoms with Gasteiger partial charge in [0, 0.05) is 0 Å². The van der Waals surface area contributed by atoms with Gasteiger partial charge >= 0.3 is 0 Å². The summed E-state index contributed by atoms with van der Waals surface area (Å²) < 4.78 is 19.5. The van der Waals surface area contributed by atoms with Crippen molar-refractivity contribution in [1.29, 1.82) is 0 Å². The first-order valence-corrected chi connectivity index (χ1v) is 7.69. The molecule has 96 valence electrons. The van der Waals surface area contributed by atoms with Gasteiger partial charge in [0.2, 0.25) is 19.7 Å². The molecule has 0 aromatic carbocycles. The predicted octanol–water partition coefficient (Wildman–Crippen LogP) is 0.0294.